The maximum absolute atomic E-state index is 12.7. The van der Waals surface area contributed by atoms with Crippen molar-refractivity contribution in [1.29, 1.82) is 0 Å². The van der Waals surface area contributed by atoms with Crippen molar-refractivity contribution in [2.24, 2.45) is 5.92 Å². The van der Waals surface area contributed by atoms with E-state index in [1.807, 2.05) is 19.1 Å². The molecule has 1 N–H and O–H groups in total. The van der Waals surface area contributed by atoms with E-state index < -0.39 is 0 Å². The zero-order valence-corrected chi connectivity index (χ0v) is 13.7. The highest BCUT2D eigenvalue weighted by molar-refractivity contribution is 6.30. The van der Waals surface area contributed by atoms with Crippen LogP contribution in [0.4, 0.5) is 0 Å². The molecule has 2 atom stereocenters. The molecule has 3 rings (SSSR count). The summed E-state index contributed by atoms with van der Waals surface area (Å²) in [6.07, 6.45) is 1.83. The lowest BCUT2D eigenvalue weighted by Gasteiger charge is -2.36. The zero-order chi connectivity index (χ0) is 16.4. The first-order valence-corrected chi connectivity index (χ1v) is 8.10. The Bertz CT molecular complexity index is 683. The molecule has 0 saturated carbocycles. The summed E-state index contributed by atoms with van der Waals surface area (Å²) in [5, 5.41) is 13.9. The summed E-state index contributed by atoms with van der Waals surface area (Å²) in [5.41, 5.74) is 1.11. The summed E-state index contributed by atoms with van der Waals surface area (Å²) in [4.78, 5) is 14.4. The Hall–Kier alpha value is -1.85. The third-order valence-electron chi connectivity index (χ3n) is 4.36. The van der Waals surface area contributed by atoms with Crippen molar-refractivity contribution in [2.75, 3.05) is 13.2 Å². The molecule has 0 bridgehead atoms. The number of carbonyl (C=O) groups is 1. The van der Waals surface area contributed by atoms with E-state index in [1.165, 1.54) is 0 Å². The first-order chi connectivity index (χ1) is 11.1. The van der Waals surface area contributed by atoms with Crippen molar-refractivity contribution in [2.45, 2.75) is 25.8 Å². The van der Waals surface area contributed by atoms with Gasteiger partial charge in [0.15, 0.2) is 11.5 Å². The molecule has 1 saturated heterocycles. The van der Waals surface area contributed by atoms with Gasteiger partial charge in [0.2, 0.25) is 0 Å². The van der Waals surface area contributed by atoms with Crippen LogP contribution in [0.25, 0.3) is 11.3 Å². The first kappa shape index (κ1) is 16.0. The van der Waals surface area contributed by atoms with Gasteiger partial charge >= 0.3 is 0 Å². The van der Waals surface area contributed by atoms with Crippen LogP contribution in [-0.4, -0.2) is 40.3 Å². The van der Waals surface area contributed by atoms with Gasteiger partial charge in [-0.2, -0.15) is 0 Å². The number of nitrogens with zero attached hydrogens (tertiary/aromatic N) is 2. The largest absolute Gasteiger partial charge is 0.396 e. The number of aliphatic hydroxyl groups excluding tert-OH is 1. The fourth-order valence-electron chi connectivity index (χ4n) is 2.89. The van der Waals surface area contributed by atoms with Crippen molar-refractivity contribution in [3.05, 3.63) is 41.0 Å². The predicted octanol–water partition coefficient (Wildman–Crippen LogP) is 3.23. The number of benzene rings is 1. The fourth-order valence-corrected chi connectivity index (χ4v) is 3.01. The number of likely N-dealkylation sites (tertiary alicyclic amines) is 1. The Balaban J connectivity index is 1.79. The molecule has 2 heterocycles. The van der Waals surface area contributed by atoms with E-state index in [-0.39, 0.29) is 24.5 Å². The number of rotatable bonds is 3. The number of hydrogen-bond acceptors (Lipinski definition) is 4. The van der Waals surface area contributed by atoms with Crippen molar-refractivity contribution in [3.63, 3.8) is 0 Å². The van der Waals surface area contributed by atoms with Crippen LogP contribution < -0.4 is 0 Å². The highest BCUT2D eigenvalue weighted by Crippen LogP contribution is 2.26. The van der Waals surface area contributed by atoms with Gasteiger partial charge in [-0.1, -0.05) is 16.8 Å². The minimum atomic E-state index is -0.153. The van der Waals surface area contributed by atoms with E-state index in [2.05, 4.69) is 5.16 Å². The number of piperidine rings is 1. The molecule has 0 aliphatic carbocycles. The summed E-state index contributed by atoms with van der Waals surface area (Å²) in [6, 6.07) is 8.96. The molecule has 122 valence electrons. The number of aromatic nitrogens is 1. The minimum absolute atomic E-state index is 0.103. The molecule has 1 fully saturated rings. The van der Waals surface area contributed by atoms with Gasteiger partial charge in [0, 0.05) is 35.8 Å². The van der Waals surface area contributed by atoms with Gasteiger partial charge in [0.05, 0.1) is 0 Å². The van der Waals surface area contributed by atoms with Gasteiger partial charge < -0.3 is 14.5 Å². The number of aliphatic hydroxyl groups is 1. The van der Waals surface area contributed by atoms with Crippen molar-refractivity contribution in [1.82, 2.24) is 10.1 Å². The van der Waals surface area contributed by atoms with Crippen molar-refractivity contribution in [3.8, 4) is 11.3 Å². The summed E-state index contributed by atoms with van der Waals surface area (Å²) in [7, 11) is 0. The van der Waals surface area contributed by atoms with E-state index in [0.717, 1.165) is 18.4 Å². The summed E-state index contributed by atoms with van der Waals surface area (Å²) in [6.45, 7) is 2.68. The molecule has 1 aromatic heterocycles. The Morgan fingerprint density at radius 1 is 1.39 bits per heavy atom. The normalized spacial score (nSPS) is 21.4. The van der Waals surface area contributed by atoms with Crippen LogP contribution in [-0.2, 0) is 0 Å². The quantitative estimate of drug-likeness (QED) is 0.935. The second-order valence-electron chi connectivity index (χ2n) is 6.02. The maximum atomic E-state index is 12.7. The van der Waals surface area contributed by atoms with Crippen LogP contribution in [0.5, 0.6) is 0 Å². The van der Waals surface area contributed by atoms with Crippen LogP contribution in [0.2, 0.25) is 5.02 Å². The monoisotopic (exact) mass is 334 g/mol. The van der Waals surface area contributed by atoms with Gasteiger partial charge in [-0.15, -0.1) is 0 Å². The van der Waals surface area contributed by atoms with Gasteiger partial charge in [0.1, 0.15) is 0 Å². The van der Waals surface area contributed by atoms with Crippen molar-refractivity contribution < 1.29 is 14.4 Å². The third kappa shape index (κ3) is 3.41. The van der Waals surface area contributed by atoms with E-state index >= 15 is 0 Å². The Morgan fingerprint density at radius 3 is 2.83 bits per heavy atom. The van der Waals surface area contributed by atoms with Crippen LogP contribution in [0.1, 0.15) is 30.3 Å². The molecule has 1 aliphatic heterocycles. The fraction of sp³-hybridized carbons (Fsp3) is 0.412. The molecule has 23 heavy (non-hydrogen) atoms. The number of amides is 1. The second-order valence-corrected chi connectivity index (χ2v) is 6.45. The summed E-state index contributed by atoms with van der Waals surface area (Å²) < 4.78 is 5.30. The van der Waals surface area contributed by atoms with Gasteiger partial charge in [-0.05, 0) is 49.9 Å². The average molecular weight is 335 g/mol. The van der Waals surface area contributed by atoms with Crippen LogP contribution >= 0.6 is 11.6 Å². The Morgan fingerprint density at radius 2 is 2.13 bits per heavy atom. The lowest BCUT2D eigenvalue weighted by molar-refractivity contribution is 0.0479. The van der Waals surface area contributed by atoms with E-state index in [9.17, 15) is 9.90 Å². The van der Waals surface area contributed by atoms with Gasteiger partial charge in [-0.25, -0.2) is 0 Å². The summed E-state index contributed by atoms with van der Waals surface area (Å²) >= 11 is 5.87. The number of hydrogen-bond donors (Lipinski definition) is 1. The standard InChI is InChI=1S/C17H19ClN2O3/c1-11-2-3-12(10-21)9-20(11)17(22)15-8-16(23-19-15)13-4-6-14(18)7-5-13/h4-8,11-12,21H,2-3,9-10H2,1H3. The highest BCUT2D eigenvalue weighted by Gasteiger charge is 2.30. The van der Waals surface area contributed by atoms with Crippen LogP contribution in [0.3, 0.4) is 0 Å². The molecule has 1 amide bonds. The molecule has 5 nitrogen and oxygen atoms in total. The lowest BCUT2D eigenvalue weighted by atomic mass is 9.94. The molecule has 6 heteroatoms. The molecular weight excluding hydrogens is 316 g/mol. The minimum Gasteiger partial charge on any atom is -0.396 e. The zero-order valence-electron chi connectivity index (χ0n) is 12.9. The molecule has 0 spiro atoms. The molecular formula is C17H19ClN2O3. The number of halogens is 1. The molecule has 0 radical (unpaired) electrons. The molecule has 2 unspecified atom stereocenters. The van der Waals surface area contributed by atoms with E-state index in [4.69, 9.17) is 16.1 Å². The molecule has 2 aromatic rings. The predicted molar refractivity (Wildman–Crippen MR) is 87.3 cm³/mol. The van der Waals surface area contributed by atoms with E-state index in [1.54, 1.807) is 23.1 Å². The SMILES string of the molecule is CC1CCC(CO)CN1C(=O)c1cc(-c2ccc(Cl)cc2)on1. The smallest absolute Gasteiger partial charge is 0.276 e. The Kier molecular flexibility index (Phi) is 4.68. The molecule has 1 aromatic carbocycles. The van der Waals surface area contributed by atoms with Crippen molar-refractivity contribution >= 4 is 17.5 Å². The van der Waals surface area contributed by atoms with Crippen LogP contribution in [0, 0.1) is 5.92 Å². The first-order valence-electron chi connectivity index (χ1n) is 7.73. The second kappa shape index (κ2) is 6.72. The van der Waals surface area contributed by atoms with E-state index in [0.29, 0.717) is 23.0 Å². The Labute approximate surface area is 139 Å². The highest BCUT2D eigenvalue weighted by atomic mass is 35.5. The van der Waals surface area contributed by atoms with Crippen LogP contribution in [0.15, 0.2) is 34.9 Å². The average Bonchev–Trinajstić information content (AvgIpc) is 3.05. The number of carbonyl (C=O) groups excluding carboxylic acids is 1. The third-order valence-corrected chi connectivity index (χ3v) is 4.61. The summed E-state index contributed by atoms with van der Waals surface area (Å²) in [5.74, 6) is 0.519. The topological polar surface area (TPSA) is 66.6 Å². The van der Waals surface area contributed by atoms with Gasteiger partial charge in [0.25, 0.3) is 5.91 Å². The molecule has 1 aliphatic rings. The maximum Gasteiger partial charge on any atom is 0.276 e. The van der Waals surface area contributed by atoms with Gasteiger partial charge in [-0.3, -0.25) is 4.79 Å². The lowest BCUT2D eigenvalue weighted by Crippen LogP contribution is -2.46.